The first-order valence-electron chi connectivity index (χ1n) is 9.11. The van der Waals surface area contributed by atoms with Crippen molar-refractivity contribution >= 4 is 11.6 Å². The van der Waals surface area contributed by atoms with Crippen LogP contribution >= 0.6 is 11.6 Å². The second-order valence-corrected chi connectivity index (χ2v) is 7.36. The monoisotopic (exact) mass is 364 g/mol. The summed E-state index contributed by atoms with van der Waals surface area (Å²) in [7, 11) is 0. The Hall–Kier alpha value is -2.39. The summed E-state index contributed by atoms with van der Waals surface area (Å²) in [6.07, 6.45) is 4.02. The molecule has 3 nitrogen and oxygen atoms in total. The van der Waals surface area contributed by atoms with E-state index in [1.807, 2.05) is 48.5 Å². The van der Waals surface area contributed by atoms with E-state index >= 15 is 0 Å². The van der Waals surface area contributed by atoms with E-state index in [9.17, 15) is 4.79 Å². The number of rotatable bonds is 3. The number of hydrogen-bond donors (Lipinski definition) is 0. The van der Waals surface area contributed by atoms with Crippen molar-refractivity contribution in [3.05, 3.63) is 87.7 Å². The molecule has 1 saturated carbocycles. The van der Waals surface area contributed by atoms with Crippen molar-refractivity contribution in [3.63, 3.8) is 0 Å². The van der Waals surface area contributed by atoms with Crippen LogP contribution in [0.1, 0.15) is 43.2 Å². The SMILES string of the molecule is O=c1ccc(-c2ccccc2)nn1C1CCC(c2cccc(Cl)c2)CC1. The topological polar surface area (TPSA) is 34.9 Å². The highest BCUT2D eigenvalue weighted by Crippen LogP contribution is 2.38. The van der Waals surface area contributed by atoms with Crippen LogP contribution in [0, 0.1) is 0 Å². The molecule has 2 aromatic carbocycles. The molecule has 1 aliphatic carbocycles. The van der Waals surface area contributed by atoms with Crippen LogP contribution in [0.25, 0.3) is 11.3 Å². The summed E-state index contributed by atoms with van der Waals surface area (Å²) in [4.78, 5) is 12.4. The highest BCUT2D eigenvalue weighted by molar-refractivity contribution is 6.30. The molecule has 0 unspecified atom stereocenters. The molecule has 26 heavy (non-hydrogen) atoms. The molecule has 0 radical (unpaired) electrons. The standard InChI is InChI=1S/C22H21ClN2O/c23-19-8-4-7-18(15-19)16-9-11-20(12-10-16)25-22(26)14-13-21(24-25)17-5-2-1-3-6-17/h1-8,13-16,20H,9-12H2. The minimum Gasteiger partial charge on any atom is -0.268 e. The average Bonchev–Trinajstić information content (AvgIpc) is 2.69. The van der Waals surface area contributed by atoms with Gasteiger partial charge in [-0.15, -0.1) is 0 Å². The first-order valence-corrected chi connectivity index (χ1v) is 9.49. The Kier molecular flexibility index (Phi) is 4.89. The van der Waals surface area contributed by atoms with Crippen LogP contribution in [0.5, 0.6) is 0 Å². The van der Waals surface area contributed by atoms with E-state index in [1.54, 1.807) is 10.7 Å². The van der Waals surface area contributed by atoms with Gasteiger partial charge in [0.1, 0.15) is 0 Å². The second-order valence-electron chi connectivity index (χ2n) is 6.93. The summed E-state index contributed by atoms with van der Waals surface area (Å²) in [5.74, 6) is 0.512. The van der Waals surface area contributed by atoms with Gasteiger partial charge in [-0.2, -0.15) is 5.10 Å². The molecule has 0 atom stereocenters. The lowest BCUT2D eigenvalue weighted by molar-refractivity contribution is 0.295. The van der Waals surface area contributed by atoms with Crippen LogP contribution in [0.2, 0.25) is 5.02 Å². The first-order chi connectivity index (χ1) is 12.7. The van der Waals surface area contributed by atoms with Crippen LogP contribution in [0.15, 0.2) is 71.5 Å². The molecule has 0 N–H and O–H groups in total. The number of nitrogens with zero attached hydrogens (tertiary/aromatic N) is 2. The minimum atomic E-state index is -0.0177. The van der Waals surface area contributed by atoms with E-state index in [-0.39, 0.29) is 11.6 Å². The van der Waals surface area contributed by atoms with Gasteiger partial charge < -0.3 is 0 Å². The fraction of sp³-hybridized carbons (Fsp3) is 0.273. The zero-order chi connectivity index (χ0) is 17.9. The molecule has 0 bridgehead atoms. The van der Waals surface area contributed by atoms with Crippen LogP contribution in [-0.2, 0) is 0 Å². The fourth-order valence-electron chi connectivity index (χ4n) is 3.86. The van der Waals surface area contributed by atoms with E-state index < -0.39 is 0 Å². The molecule has 1 aromatic heterocycles. The van der Waals surface area contributed by atoms with Gasteiger partial charge in [0.25, 0.3) is 5.56 Å². The van der Waals surface area contributed by atoms with E-state index in [0.717, 1.165) is 42.0 Å². The van der Waals surface area contributed by atoms with Crippen LogP contribution < -0.4 is 5.56 Å². The van der Waals surface area contributed by atoms with Crippen LogP contribution in [-0.4, -0.2) is 9.78 Å². The fourth-order valence-corrected chi connectivity index (χ4v) is 4.06. The van der Waals surface area contributed by atoms with Crippen LogP contribution in [0.3, 0.4) is 0 Å². The Morgan fingerprint density at radius 2 is 1.65 bits per heavy atom. The van der Waals surface area contributed by atoms with Gasteiger partial charge >= 0.3 is 0 Å². The Balaban J connectivity index is 1.53. The third-order valence-corrected chi connectivity index (χ3v) is 5.49. The Labute approximate surface area is 158 Å². The lowest BCUT2D eigenvalue weighted by Gasteiger charge is -2.29. The van der Waals surface area contributed by atoms with Crippen molar-refractivity contribution in [2.45, 2.75) is 37.6 Å². The normalized spacial score (nSPS) is 20.0. The molecule has 4 rings (SSSR count). The zero-order valence-corrected chi connectivity index (χ0v) is 15.3. The van der Waals surface area contributed by atoms with Crippen molar-refractivity contribution in [2.24, 2.45) is 0 Å². The van der Waals surface area contributed by atoms with Crippen molar-refractivity contribution < 1.29 is 0 Å². The van der Waals surface area contributed by atoms with Gasteiger partial charge in [-0.1, -0.05) is 54.1 Å². The van der Waals surface area contributed by atoms with Crippen LogP contribution in [0.4, 0.5) is 0 Å². The number of aromatic nitrogens is 2. The van der Waals surface area contributed by atoms with Gasteiger partial charge in [-0.25, -0.2) is 4.68 Å². The Morgan fingerprint density at radius 1 is 0.885 bits per heavy atom. The summed E-state index contributed by atoms with van der Waals surface area (Å²) < 4.78 is 1.69. The van der Waals surface area contributed by atoms with Gasteiger partial charge in [0.15, 0.2) is 0 Å². The molecule has 132 valence electrons. The summed E-state index contributed by atoms with van der Waals surface area (Å²) >= 11 is 6.13. The third-order valence-electron chi connectivity index (χ3n) is 5.26. The predicted octanol–water partition coefficient (Wildman–Crippen LogP) is 5.46. The number of benzene rings is 2. The van der Waals surface area contributed by atoms with Crippen molar-refractivity contribution in [3.8, 4) is 11.3 Å². The molecule has 1 heterocycles. The van der Waals surface area contributed by atoms with E-state index in [1.165, 1.54) is 5.56 Å². The van der Waals surface area contributed by atoms with Gasteiger partial charge in [-0.3, -0.25) is 4.79 Å². The maximum Gasteiger partial charge on any atom is 0.267 e. The Morgan fingerprint density at radius 3 is 2.38 bits per heavy atom. The van der Waals surface area contributed by atoms with Crippen molar-refractivity contribution in [1.29, 1.82) is 0 Å². The molecule has 0 spiro atoms. The lowest BCUT2D eigenvalue weighted by atomic mass is 9.82. The molecular formula is C22H21ClN2O. The van der Waals surface area contributed by atoms with E-state index in [2.05, 4.69) is 17.2 Å². The van der Waals surface area contributed by atoms with Gasteiger partial charge in [0, 0.05) is 16.7 Å². The minimum absolute atomic E-state index is 0.0177. The molecule has 1 aliphatic rings. The lowest BCUT2D eigenvalue weighted by Crippen LogP contribution is -2.29. The first kappa shape index (κ1) is 17.0. The van der Waals surface area contributed by atoms with Gasteiger partial charge in [0.05, 0.1) is 11.7 Å². The molecule has 1 fully saturated rings. The average molecular weight is 365 g/mol. The Bertz CT molecular complexity index is 944. The van der Waals surface area contributed by atoms with Crippen molar-refractivity contribution in [1.82, 2.24) is 9.78 Å². The molecule has 4 heteroatoms. The summed E-state index contributed by atoms with van der Waals surface area (Å²) in [5.41, 5.74) is 3.17. The molecule has 3 aromatic rings. The molecule has 0 amide bonds. The summed E-state index contributed by atoms with van der Waals surface area (Å²) in [6, 6.07) is 21.8. The van der Waals surface area contributed by atoms with E-state index in [0.29, 0.717) is 5.92 Å². The van der Waals surface area contributed by atoms with Gasteiger partial charge in [0.2, 0.25) is 0 Å². The maximum absolute atomic E-state index is 12.4. The zero-order valence-electron chi connectivity index (χ0n) is 14.5. The van der Waals surface area contributed by atoms with Gasteiger partial charge in [-0.05, 0) is 55.4 Å². The maximum atomic E-state index is 12.4. The van der Waals surface area contributed by atoms with Crippen molar-refractivity contribution in [2.75, 3.05) is 0 Å². The summed E-state index contributed by atoms with van der Waals surface area (Å²) in [5, 5.41) is 5.45. The molecular weight excluding hydrogens is 344 g/mol. The van der Waals surface area contributed by atoms with E-state index in [4.69, 9.17) is 11.6 Å². The second kappa shape index (κ2) is 7.46. The highest BCUT2D eigenvalue weighted by Gasteiger charge is 2.25. The molecule has 0 aliphatic heterocycles. The highest BCUT2D eigenvalue weighted by atomic mass is 35.5. The quantitative estimate of drug-likeness (QED) is 0.618. The largest absolute Gasteiger partial charge is 0.268 e. The number of hydrogen-bond acceptors (Lipinski definition) is 2. The summed E-state index contributed by atoms with van der Waals surface area (Å²) in [6.45, 7) is 0. The smallest absolute Gasteiger partial charge is 0.267 e. The third kappa shape index (κ3) is 3.58. The molecule has 0 saturated heterocycles. The predicted molar refractivity (Wildman–Crippen MR) is 106 cm³/mol. The number of halogens is 1.